The monoisotopic (exact) mass is 506 g/mol. The van der Waals surface area contributed by atoms with Crippen LogP contribution in [0.25, 0.3) is 21.1 Å². The van der Waals surface area contributed by atoms with Crippen molar-refractivity contribution in [3.05, 3.63) is 76.6 Å². The summed E-state index contributed by atoms with van der Waals surface area (Å²) in [6.45, 7) is 3.22. The zero-order valence-electron chi connectivity index (χ0n) is 18.4. The van der Waals surface area contributed by atoms with Crippen molar-refractivity contribution >= 4 is 72.5 Å². The van der Waals surface area contributed by atoms with E-state index in [9.17, 15) is 9.59 Å². The van der Waals surface area contributed by atoms with Crippen molar-refractivity contribution in [1.82, 2.24) is 14.9 Å². The molecule has 0 radical (unpaired) electrons. The van der Waals surface area contributed by atoms with Crippen LogP contribution >= 0.6 is 34.4 Å². The lowest BCUT2D eigenvalue weighted by Gasteiger charge is -2.06. The number of thiazole rings is 1. The predicted octanol–water partition coefficient (Wildman–Crippen LogP) is 5.78. The number of nitrogens with zero attached hydrogens (tertiary/aromatic N) is 2. The number of fused-ring (bicyclic) bond motifs is 2. The van der Waals surface area contributed by atoms with E-state index in [0.717, 1.165) is 26.0 Å². The molecule has 5 rings (SSSR count). The minimum atomic E-state index is -0.0826. The van der Waals surface area contributed by atoms with Crippen LogP contribution < -0.4 is 10.6 Å². The minimum Gasteiger partial charge on any atom is -0.350 e. The van der Waals surface area contributed by atoms with Gasteiger partial charge in [0.2, 0.25) is 5.91 Å². The summed E-state index contributed by atoms with van der Waals surface area (Å²) in [6.07, 6.45) is 2.06. The summed E-state index contributed by atoms with van der Waals surface area (Å²) in [5.74, 6) is 0.154. The van der Waals surface area contributed by atoms with Crippen LogP contribution in [0.1, 0.15) is 15.2 Å². The second-order valence-corrected chi connectivity index (χ2v) is 10.8. The topological polar surface area (TPSA) is 76.0 Å². The van der Waals surface area contributed by atoms with Crippen molar-refractivity contribution in [3.8, 4) is 0 Å². The van der Waals surface area contributed by atoms with E-state index < -0.39 is 0 Å². The number of amides is 2. The Labute approximate surface area is 209 Å². The number of aromatic nitrogens is 2. The summed E-state index contributed by atoms with van der Waals surface area (Å²) in [5.41, 5.74) is 3.15. The molecular formula is C25H22N4O2S3. The SMILES string of the molecule is Cc1ccc2nc(NC(=O)CSc3cn(CCNC(=O)c4cccs4)c4ccccc34)sc2c1. The van der Waals surface area contributed by atoms with Gasteiger partial charge in [-0.3, -0.25) is 9.59 Å². The molecule has 2 N–H and O–H groups in total. The molecule has 0 saturated heterocycles. The number of thioether (sulfide) groups is 1. The Bertz CT molecular complexity index is 1470. The van der Waals surface area contributed by atoms with Crippen molar-refractivity contribution < 1.29 is 9.59 Å². The Morgan fingerprint density at radius 2 is 2.00 bits per heavy atom. The smallest absolute Gasteiger partial charge is 0.261 e. The normalized spacial score (nSPS) is 11.2. The number of thiophene rings is 1. The van der Waals surface area contributed by atoms with Gasteiger partial charge in [0.05, 0.1) is 20.8 Å². The highest BCUT2D eigenvalue weighted by molar-refractivity contribution is 8.00. The lowest BCUT2D eigenvalue weighted by atomic mass is 10.2. The van der Waals surface area contributed by atoms with E-state index in [1.807, 2.05) is 48.7 Å². The van der Waals surface area contributed by atoms with Crippen LogP contribution in [0.15, 0.2) is 71.1 Å². The summed E-state index contributed by atoms with van der Waals surface area (Å²) in [4.78, 5) is 31.1. The summed E-state index contributed by atoms with van der Waals surface area (Å²) in [6, 6.07) is 17.9. The fourth-order valence-corrected chi connectivity index (χ4v) is 6.19. The molecule has 0 atom stereocenters. The molecule has 34 heavy (non-hydrogen) atoms. The molecule has 0 aliphatic rings. The molecule has 0 spiro atoms. The van der Waals surface area contributed by atoms with Gasteiger partial charge in [0.25, 0.3) is 5.91 Å². The first-order valence-electron chi connectivity index (χ1n) is 10.8. The van der Waals surface area contributed by atoms with Gasteiger partial charge in [-0.05, 0) is 42.1 Å². The van der Waals surface area contributed by atoms with Crippen molar-refractivity contribution in [1.29, 1.82) is 0 Å². The lowest BCUT2D eigenvalue weighted by Crippen LogP contribution is -2.26. The highest BCUT2D eigenvalue weighted by atomic mass is 32.2. The average Bonchev–Trinajstić information content (AvgIpc) is 3.56. The fraction of sp³-hybridized carbons (Fsp3) is 0.160. The molecule has 6 nitrogen and oxygen atoms in total. The van der Waals surface area contributed by atoms with E-state index in [1.165, 1.54) is 40.0 Å². The maximum atomic E-state index is 12.6. The molecule has 0 aliphatic heterocycles. The molecule has 3 heterocycles. The molecule has 2 amide bonds. The van der Waals surface area contributed by atoms with Crippen LogP contribution in [0.4, 0.5) is 5.13 Å². The zero-order valence-corrected chi connectivity index (χ0v) is 20.9. The number of nitrogens with one attached hydrogen (secondary N) is 2. The van der Waals surface area contributed by atoms with Crippen LogP contribution in [-0.2, 0) is 11.3 Å². The van der Waals surface area contributed by atoms with Gasteiger partial charge in [-0.1, -0.05) is 41.7 Å². The van der Waals surface area contributed by atoms with E-state index in [1.54, 1.807) is 0 Å². The van der Waals surface area contributed by atoms with Gasteiger partial charge in [0, 0.05) is 35.1 Å². The highest BCUT2D eigenvalue weighted by Gasteiger charge is 2.13. The molecule has 172 valence electrons. The van der Waals surface area contributed by atoms with E-state index >= 15 is 0 Å². The van der Waals surface area contributed by atoms with E-state index in [2.05, 4.69) is 44.6 Å². The molecule has 5 aromatic rings. The Morgan fingerprint density at radius 3 is 2.85 bits per heavy atom. The van der Waals surface area contributed by atoms with Gasteiger partial charge < -0.3 is 15.2 Å². The van der Waals surface area contributed by atoms with Crippen molar-refractivity contribution in [2.45, 2.75) is 18.4 Å². The molecule has 2 aromatic carbocycles. The van der Waals surface area contributed by atoms with Crippen molar-refractivity contribution in [2.24, 2.45) is 0 Å². The van der Waals surface area contributed by atoms with Crippen LogP contribution in [0.5, 0.6) is 0 Å². The number of carbonyl (C=O) groups is 2. The number of carbonyl (C=O) groups excluding carboxylic acids is 2. The third kappa shape index (κ3) is 5.01. The molecule has 3 aromatic heterocycles. The van der Waals surface area contributed by atoms with Gasteiger partial charge in [-0.25, -0.2) is 4.98 Å². The molecule has 0 unspecified atom stereocenters. The first-order chi connectivity index (χ1) is 16.6. The Kier molecular flexibility index (Phi) is 6.66. The highest BCUT2D eigenvalue weighted by Crippen LogP contribution is 2.31. The van der Waals surface area contributed by atoms with Gasteiger partial charge >= 0.3 is 0 Å². The van der Waals surface area contributed by atoms with E-state index in [4.69, 9.17) is 0 Å². The second kappa shape index (κ2) is 10.0. The number of aryl methyl sites for hydroxylation is 1. The van der Waals surface area contributed by atoms with Crippen molar-refractivity contribution in [2.75, 3.05) is 17.6 Å². The average molecular weight is 507 g/mol. The summed E-state index contributed by atoms with van der Waals surface area (Å²) in [7, 11) is 0. The lowest BCUT2D eigenvalue weighted by molar-refractivity contribution is -0.113. The maximum Gasteiger partial charge on any atom is 0.261 e. The molecular weight excluding hydrogens is 485 g/mol. The Balaban J connectivity index is 1.22. The fourth-order valence-electron chi connectivity index (χ4n) is 3.68. The standard InChI is InChI=1S/C25H22N4O2S3/c1-16-8-9-18-21(13-16)34-25(27-18)28-23(30)15-33-22-14-29(19-6-3-2-5-17(19)22)11-10-26-24(31)20-7-4-12-32-20/h2-9,12-14H,10-11,15H2,1H3,(H,26,31)(H,27,28,30). The van der Waals surface area contributed by atoms with Crippen LogP contribution in [0.3, 0.4) is 0 Å². The van der Waals surface area contributed by atoms with E-state index in [-0.39, 0.29) is 17.6 Å². The first kappa shape index (κ1) is 22.6. The quantitative estimate of drug-likeness (QED) is 0.262. The Morgan fingerprint density at radius 1 is 1.12 bits per heavy atom. The number of rotatable bonds is 8. The van der Waals surface area contributed by atoms with Gasteiger partial charge in [-0.2, -0.15) is 0 Å². The molecule has 0 fully saturated rings. The van der Waals surface area contributed by atoms with Crippen LogP contribution in [-0.4, -0.2) is 33.7 Å². The number of hydrogen-bond donors (Lipinski definition) is 2. The molecule has 0 bridgehead atoms. The molecule has 0 aliphatic carbocycles. The number of hydrogen-bond acceptors (Lipinski definition) is 6. The van der Waals surface area contributed by atoms with Crippen molar-refractivity contribution in [3.63, 3.8) is 0 Å². The summed E-state index contributed by atoms with van der Waals surface area (Å²) < 4.78 is 3.19. The largest absolute Gasteiger partial charge is 0.350 e. The molecule has 0 saturated carbocycles. The summed E-state index contributed by atoms with van der Waals surface area (Å²) in [5, 5.41) is 9.52. The zero-order chi connectivity index (χ0) is 23.5. The van der Waals surface area contributed by atoms with Crippen LogP contribution in [0.2, 0.25) is 0 Å². The minimum absolute atomic E-state index is 0.0530. The number of para-hydroxylation sites is 1. The molecule has 9 heteroatoms. The second-order valence-electron chi connectivity index (χ2n) is 7.76. The number of benzene rings is 2. The third-order valence-electron chi connectivity index (χ3n) is 5.28. The maximum absolute atomic E-state index is 12.6. The third-order valence-corrected chi connectivity index (χ3v) is 8.13. The van der Waals surface area contributed by atoms with Gasteiger partial charge in [-0.15, -0.1) is 23.1 Å². The van der Waals surface area contributed by atoms with Crippen LogP contribution in [0, 0.1) is 6.92 Å². The van der Waals surface area contributed by atoms with E-state index in [0.29, 0.717) is 23.1 Å². The van der Waals surface area contributed by atoms with Gasteiger partial charge in [0.15, 0.2) is 5.13 Å². The van der Waals surface area contributed by atoms with Gasteiger partial charge in [0.1, 0.15) is 0 Å². The summed E-state index contributed by atoms with van der Waals surface area (Å²) >= 11 is 4.42. The first-order valence-corrected chi connectivity index (χ1v) is 13.4. The number of anilines is 1. The predicted molar refractivity (Wildman–Crippen MR) is 142 cm³/mol. The Hall–Kier alpha value is -3.14.